The molecule has 2 amide bonds. The number of aromatic nitrogens is 1. The first kappa shape index (κ1) is 14.5. The number of ether oxygens (including phenoxy) is 1. The number of amides is 2. The minimum Gasteiger partial charge on any atom is -0.447 e. The van der Waals surface area contributed by atoms with E-state index in [1.54, 1.807) is 6.20 Å². The molecule has 0 bridgehead atoms. The molecule has 1 aliphatic rings. The van der Waals surface area contributed by atoms with Gasteiger partial charge in [-0.3, -0.25) is 9.69 Å². The lowest BCUT2D eigenvalue weighted by atomic mass is 10.2. The highest BCUT2D eigenvalue weighted by molar-refractivity contribution is 7.09. The van der Waals surface area contributed by atoms with E-state index in [1.807, 2.05) is 35.7 Å². The zero-order valence-electron chi connectivity index (χ0n) is 11.8. The van der Waals surface area contributed by atoms with Crippen LogP contribution >= 0.6 is 11.3 Å². The Labute approximate surface area is 131 Å². The molecule has 0 aliphatic carbocycles. The molecule has 2 aromatic rings. The molecule has 1 aromatic carbocycles. The Morgan fingerprint density at radius 1 is 1.41 bits per heavy atom. The third kappa shape index (κ3) is 3.25. The fourth-order valence-corrected chi connectivity index (χ4v) is 2.84. The second kappa shape index (κ2) is 6.57. The van der Waals surface area contributed by atoms with E-state index in [2.05, 4.69) is 10.3 Å². The third-order valence-corrected chi connectivity index (χ3v) is 4.14. The Kier molecular flexibility index (Phi) is 4.34. The number of cyclic esters (lactones) is 1. The molecule has 1 aliphatic heterocycles. The summed E-state index contributed by atoms with van der Waals surface area (Å²) >= 11 is 1.44. The van der Waals surface area contributed by atoms with Crippen molar-refractivity contribution in [3.63, 3.8) is 0 Å². The van der Waals surface area contributed by atoms with Crippen LogP contribution in [0.4, 0.5) is 4.79 Å². The molecule has 1 N–H and O–H groups in total. The molecule has 1 fully saturated rings. The Bertz CT molecular complexity index is 645. The van der Waals surface area contributed by atoms with E-state index in [4.69, 9.17) is 4.74 Å². The number of carbonyl (C=O) groups excluding carboxylic acids is 2. The third-order valence-electron chi connectivity index (χ3n) is 3.38. The van der Waals surface area contributed by atoms with Gasteiger partial charge in [0.2, 0.25) is 5.91 Å². The molecule has 114 valence electrons. The summed E-state index contributed by atoms with van der Waals surface area (Å²) in [4.78, 5) is 29.6. The summed E-state index contributed by atoms with van der Waals surface area (Å²) in [6.45, 7) is 0.792. The van der Waals surface area contributed by atoms with Crippen LogP contribution in [0.1, 0.15) is 10.6 Å². The van der Waals surface area contributed by atoms with Crippen LogP contribution in [-0.2, 0) is 22.6 Å². The van der Waals surface area contributed by atoms with E-state index < -0.39 is 12.1 Å². The van der Waals surface area contributed by atoms with Crippen molar-refractivity contribution in [1.29, 1.82) is 0 Å². The molecule has 3 rings (SSSR count). The van der Waals surface area contributed by atoms with Crippen molar-refractivity contribution in [2.75, 3.05) is 6.61 Å². The molecule has 1 saturated heterocycles. The second-order valence-corrected chi connectivity index (χ2v) is 5.83. The summed E-state index contributed by atoms with van der Waals surface area (Å²) in [5.41, 5.74) is 1.01. The first-order valence-corrected chi connectivity index (χ1v) is 7.75. The molecule has 0 radical (unpaired) electrons. The smallest absolute Gasteiger partial charge is 0.411 e. The van der Waals surface area contributed by atoms with Crippen molar-refractivity contribution in [2.45, 2.75) is 19.1 Å². The first-order chi connectivity index (χ1) is 10.7. The van der Waals surface area contributed by atoms with Gasteiger partial charge in [-0.2, -0.15) is 0 Å². The number of rotatable bonds is 5. The van der Waals surface area contributed by atoms with Crippen molar-refractivity contribution in [1.82, 2.24) is 15.2 Å². The summed E-state index contributed by atoms with van der Waals surface area (Å²) in [6, 6.07) is 9.01. The maximum absolute atomic E-state index is 12.3. The quantitative estimate of drug-likeness (QED) is 0.912. The van der Waals surface area contributed by atoms with E-state index in [0.717, 1.165) is 10.6 Å². The number of nitrogens with zero attached hydrogens (tertiary/aromatic N) is 2. The van der Waals surface area contributed by atoms with Gasteiger partial charge in [0.1, 0.15) is 17.7 Å². The van der Waals surface area contributed by atoms with Crippen LogP contribution in [0.15, 0.2) is 41.9 Å². The van der Waals surface area contributed by atoms with Crippen molar-refractivity contribution in [2.24, 2.45) is 0 Å². The SMILES string of the molecule is O=C(NCc1ccccc1)[C@@H]1COC(=O)N1Cc1nccs1. The molecule has 1 aromatic heterocycles. The van der Waals surface area contributed by atoms with Crippen LogP contribution in [0.2, 0.25) is 0 Å². The maximum atomic E-state index is 12.3. The molecule has 7 heteroatoms. The van der Waals surface area contributed by atoms with Crippen molar-refractivity contribution in [3.8, 4) is 0 Å². The highest BCUT2D eigenvalue weighted by atomic mass is 32.1. The fraction of sp³-hybridized carbons (Fsp3) is 0.267. The number of benzene rings is 1. The topological polar surface area (TPSA) is 71.5 Å². The molecule has 0 spiro atoms. The van der Waals surface area contributed by atoms with Gasteiger partial charge in [0.05, 0.1) is 6.54 Å². The number of hydrogen-bond acceptors (Lipinski definition) is 5. The second-order valence-electron chi connectivity index (χ2n) is 4.85. The van der Waals surface area contributed by atoms with Crippen LogP contribution in [-0.4, -0.2) is 34.5 Å². The van der Waals surface area contributed by atoms with Gasteiger partial charge < -0.3 is 10.1 Å². The highest BCUT2D eigenvalue weighted by Crippen LogP contribution is 2.18. The molecule has 22 heavy (non-hydrogen) atoms. The lowest BCUT2D eigenvalue weighted by Crippen LogP contribution is -2.45. The average Bonchev–Trinajstić information content (AvgIpc) is 3.17. The van der Waals surface area contributed by atoms with E-state index in [1.165, 1.54) is 16.2 Å². The Hall–Kier alpha value is -2.41. The standard InChI is InChI=1S/C15H15N3O3S/c19-14(17-8-11-4-2-1-3-5-11)12-10-21-15(20)18(12)9-13-16-6-7-22-13/h1-7,12H,8-10H2,(H,17,19)/t12-/m0/s1. The van der Waals surface area contributed by atoms with E-state index in [-0.39, 0.29) is 12.5 Å². The monoisotopic (exact) mass is 317 g/mol. The first-order valence-electron chi connectivity index (χ1n) is 6.87. The van der Waals surface area contributed by atoms with Crippen LogP contribution < -0.4 is 5.32 Å². The Morgan fingerprint density at radius 3 is 2.95 bits per heavy atom. The van der Waals surface area contributed by atoms with Gasteiger partial charge in [0.25, 0.3) is 0 Å². The Morgan fingerprint density at radius 2 is 2.23 bits per heavy atom. The molecule has 2 heterocycles. The summed E-state index contributed by atoms with van der Waals surface area (Å²) in [6.07, 6.45) is 1.20. The summed E-state index contributed by atoms with van der Waals surface area (Å²) < 4.78 is 5.00. The molecular weight excluding hydrogens is 302 g/mol. The van der Waals surface area contributed by atoms with Gasteiger partial charge >= 0.3 is 6.09 Å². The van der Waals surface area contributed by atoms with Crippen LogP contribution in [0, 0.1) is 0 Å². The van der Waals surface area contributed by atoms with Crippen molar-refractivity contribution in [3.05, 3.63) is 52.5 Å². The van der Waals surface area contributed by atoms with Gasteiger partial charge in [-0.05, 0) is 5.56 Å². The number of hydrogen-bond donors (Lipinski definition) is 1. The number of thiazole rings is 1. The Balaban J connectivity index is 1.61. The lowest BCUT2D eigenvalue weighted by Gasteiger charge is -2.19. The largest absolute Gasteiger partial charge is 0.447 e. The zero-order valence-corrected chi connectivity index (χ0v) is 12.6. The van der Waals surface area contributed by atoms with Crippen LogP contribution in [0.3, 0.4) is 0 Å². The van der Waals surface area contributed by atoms with Crippen LogP contribution in [0.25, 0.3) is 0 Å². The molecule has 1 atom stereocenters. The summed E-state index contributed by atoms with van der Waals surface area (Å²) in [7, 11) is 0. The normalized spacial score (nSPS) is 17.4. The predicted octanol–water partition coefficient (Wildman–Crippen LogP) is 1.78. The minimum atomic E-state index is -0.611. The van der Waals surface area contributed by atoms with Gasteiger partial charge in [-0.25, -0.2) is 9.78 Å². The van der Waals surface area contributed by atoms with E-state index >= 15 is 0 Å². The fourth-order valence-electron chi connectivity index (χ4n) is 2.22. The lowest BCUT2D eigenvalue weighted by molar-refractivity contribution is -0.125. The molecule has 0 unspecified atom stereocenters. The average molecular weight is 317 g/mol. The van der Waals surface area contributed by atoms with Crippen molar-refractivity contribution < 1.29 is 14.3 Å². The van der Waals surface area contributed by atoms with E-state index in [0.29, 0.717) is 13.1 Å². The minimum absolute atomic E-state index is 0.0742. The number of carbonyl (C=O) groups is 2. The number of nitrogens with one attached hydrogen (secondary N) is 1. The summed E-state index contributed by atoms with van der Waals surface area (Å²) in [5.74, 6) is -0.216. The van der Waals surface area contributed by atoms with Gasteiger partial charge in [-0.15, -0.1) is 11.3 Å². The van der Waals surface area contributed by atoms with Gasteiger partial charge in [0.15, 0.2) is 0 Å². The molecule has 0 saturated carbocycles. The summed E-state index contributed by atoms with van der Waals surface area (Å²) in [5, 5.41) is 5.45. The zero-order chi connectivity index (χ0) is 15.4. The van der Waals surface area contributed by atoms with Gasteiger partial charge in [0, 0.05) is 18.1 Å². The maximum Gasteiger partial charge on any atom is 0.411 e. The molecular formula is C15H15N3O3S. The van der Waals surface area contributed by atoms with Gasteiger partial charge in [-0.1, -0.05) is 30.3 Å². The highest BCUT2D eigenvalue weighted by Gasteiger charge is 2.38. The predicted molar refractivity (Wildman–Crippen MR) is 81.1 cm³/mol. The molecule has 6 nitrogen and oxygen atoms in total. The van der Waals surface area contributed by atoms with Crippen molar-refractivity contribution >= 4 is 23.3 Å². The van der Waals surface area contributed by atoms with Crippen LogP contribution in [0.5, 0.6) is 0 Å². The van der Waals surface area contributed by atoms with E-state index in [9.17, 15) is 9.59 Å².